The van der Waals surface area contributed by atoms with Gasteiger partial charge >= 0.3 is 6.18 Å². The van der Waals surface area contributed by atoms with Crippen LogP contribution in [-0.2, 0) is 12.7 Å². The number of thioether (sulfide) groups is 1. The summed E-state index contributed by atoms with van der Waals surface area (Å²) in [7, 11) is 0. The summed E-state index contributed by atoms with van der Waals surface area (Å²) in [6, 6.07) is 12.7. The van der Waals surface area contributed by atoms with Gasteiger partial charge in [0.15, 0.2) is 0 Å². The molecule has 2 aromatic heterocycles. The van der Waals surface area contributed by atoms with Crippen LogP contribution >= 0.6 is 23.1 Å². The standard InChI is InChI=1S/C29H23F5N2OS2/c1-4-38-22-8-18(16(2)3)7-19(9-22)20-10-27(39-15-20)26-12-24(29(32,33)34)23(13-35)28(37)36(26)14-17-5-6-21(30)11-25(17)31/h5-12,15-16H,4,14H2,1-3H3. The third-order valence-electron chi connectivity index (χ3n) is 6.15. The number of aromatic nitrogens is 1. The summed E-state index contributed by atoms with van der Waals surface area (Å²) in [6.45, 7) is 5.70. The topological polar surface area (TPSA) is 45.8 Å². The Morgan fingerprint density at radius 3 is 2.41 bits per heavy atom. The van der Waals surface area contributed by atoms with Crippen molar-refractivity contribution in [3.63, 3.8) is 0 Å². The maximum atomic E-state index is 14.5. The fraction of sp³-hybridized carbons (Fsp3) is 0.241. The molecule has 0 radical (unpaired) electrons. The summed E-state index contributed by atoms with van der Waals surface area (Å²) in [5, 5.41) is 11.2. The number of nitriles is 1. The van der Waals surface area contributed by atoms with Crippen LogP contribution in [0.2, 0.25) is 0 Å². The summed E-state index contributed by atoms with van der Waals surface area (Å²) in [5.41, 5.74) is -1.14. The molecule has 0 spiro atoms. The van der Waals surface area contributed by atoms with Gasteiger partial charge in [0.1, 0.15) is 23.3 Å². The molecule has 0 saturated carbocycles. The van der Waals surface area contributed by atoms with E-state index in [2.05, 4.69) is 19.9 Å². The van der Waals surface area contributed by atoms with Crippen molar-refractivity contribution in [1.29, 1.82) is 5.26 Å². The number of nitrogens with zero attached hydrogens (tertiary/aromatic N) is 2. The number of hydrogen-bond donors (Lipinski definition) is 0. The second kappa shape index (κ2) is 11.4. The molecule has 3 nitrogen and oxygen atoms in total. The van der Waals surface area contributed by atoms with Gasteiger partial charge in [0.05, 0.1) is 22.7 Å². The maximum absolute atomic E-state index is 14.5. The van der Waals surface area contributed by atoms with Crippen LogP contribution in [-0.4, -0.2) is 10.3 Å². The Morgan fingerprint density at radius 1 is 1.05 bits per heavy atom. The molecule has 2 heterocycles. The lowest BCUT2D eigenvalue weighted by Gasteiger charge is -2.17. The molecule has 0 unspecified atom stereocenters. The lowest BCUT2D eigenvalue weighted by Crippen LogP contribution is -2.28. The van der Waals surface area contributed by atoms with Crippen molar-refractivity contribution in [2.75, 3.05) is 5.75 Å². The molecule has 0 atom stereocenters. The van der Waals surface area contributed by atoms with Crippen molar-refractivity contribution >= 4 is 23.1 Å². The minimum atomic E-state index is -4.96. The highest BCUT2D eigenvalue weighted by Gasteiger charge is 2.37. The van der Waals surface area contributed by atoms with E-state index in [0.717, 1.165) is 61.4 Å². The van der Waals surface area contributed by atoms with Crippen LogP contribution in [0.3, 0.4) is 0 Å². The Kier molecular flexibility index (Phi) is 8.33. The number of rotatable bonds is 7. The van der Waals surface area contributed by atoms with Gasteiger partial charge in [0.25, 0.3) is 5.56 Å². The fourth-order valence-electron chi connectivity index (χ4n) is 4.15. The number of alkyl halides is 3. The van der Waals surface area contributed by atoms with Gasteiger partial charge in [-0.3, -0.25) is 4.79 Å². The molecule has 0 aliphatic carbocycles. The van der Waals surface area contributed by atoms with Gasteiger partial charge in [0.2, 0.25) is 0 Å². The van der Waals surface area contributed by atoms with E-state index in [-0.39, 0.29) is 17.2 Å². The van der Waals surface area contributed by atoms with Crippen molar-refractivity contribution in [3.05, 3.63) is 98.2 Å². The summed E-state index contributed by atoms with van der Waals surface area (Å²) < 4.78 is 70.5. The van der Waals surface area contributed by atoms with Gasteiger partial charge in [-0.1, -0.05) is 32.9 Å². The van der Waals surface area contributed by atoms with Crippen molar-refractivity contribution in [3.8, 4) is 27.8 Å². The number of pyridine rings is 1. The normalized spacial score (nSPS) is 11.7. The van der Waals surface area contributed by atoms with Crippen molar-refractivity contribution in [1.82, 2.24) is 4.57 Å². The maximum Gasteiger partial charge on any atom is 0.417 e. The highest BCUT2D eigenvalue weighted by molar-refractivity contribution is 7.99. The summed E-state index contributed by atoms with van der Waals surface area (Å²) >= 11 is 2.81. The first-order valence-electron chi connectivity index (χ1n) is 12.0. The predicted molar refractivity (Wildman–Crippen MR) is 145 cm³/mol. The number of benzene rings is 2. The zero-order valence-corrected chi connectivity index (χ0v) is 22.8. The second-order valence-corrected chi connectivity index (χ2v) is 11.4. The van der Waals surface area contributed by atoms with E-state index in [9.17, 15) is 32.0 Å². The Hall–Kier alpha value is -3.42. The molecule has 2 aromatic carbocycles. The zero-order chi connectivity index (χ0) is 28.5. The summed E-state index contributed by atoms with van der Waals surface area (Å²) in [5.74, 6) is -0.665. The molecule has 0 N–H and O–H groups in total. The third kappa shape index (κ3) is 6.10. The summed E-state index contributed by atoms with van der Waals surface area (Å²) in [4.78, 5) is 14.6. The van der Waals surface area contributed by atoms with E-state index >= 15 is 0 Å². The number of hydrogen-bond acceptors (Lipinski definition) is 4. The Morgan fingerprint density at radius 2 is 1.79 bits per heavy atom. The first kappa shape index (κ1) is 28.6. The monoisotopic (exact) mass is 574 g/mol. The van der Waals surface area contributed by atoms with Gasteiger partial charge in [-0.25, -0.2) is 8.78 Å². The molecule has 202 valence electrons. The lowest BCUT2D eigenvalue weighted by molar-refractivity contribution is -0.137. The van der Waals surface area contributed by atoms with E-state index < -0.39 is 41.0 Å². The van der Waals surface area contributed by atoms with Crippen molar-refractivity contribution in [2.45, 2.75) is 44.3 Å². The van der Waals surface area contributed by atoms with Crippen LogP contribution < -0.4 is 5.56 Å². The highest BCUT2D eigenvalue weighted by Crippen LogP contribution is 2.39. The van der Waals surface area contributed by atoms with Gasteiger partial charge in [0, 0.05) is 16.5 Å². The Bertz CT molecular complexity index is 1630. The van der Waals surface area contributed by atoms with E-state index in [1.54, 1.807) is 23.2 Å². The average Bonchev–Trinajstić information content (AvgIpc) is 3.36. The van der Waals surface area contributed by atoms with Gasteiger partial charge in [-0.2, -0.15) is 18.4 Å². The van der Waals surface area contributed by atoms with E-state index in [1.807, 2.05) is 19.1 Å². The Labute approximate surface area is 230 Å². The molecule has 0 amide bonds. The first-order chi connectivity index (χ1) is 18.4. The van der Waals surface area contributed by atoms with E-state index in [0.29, 0.717) is 10.9 Å². The van der Waals surface area contributed by atoms with Crippen LogP contribution in [0.25, 0.3) is 21.7 Å². The number of thiophene rings is 1. The van der Waals surface area contributed by atoms with Crippen LogP contribution in [0.1, 0.15) is 48.9 Å². The average molecular weight is 575 g/mol. The second-order valence-electron chi connectivity index (χ2n) is 9.13. The number of halogens is 5. The Balaban J connectivity index is 1.92. The van der Waals surface area contributed by atoms with Crippen LogP contribution in [0.15, 0.2) is 63.6 Å². The molecular formula is C29H23F5N2OS2. The molecule has 0 fully saturated rings. The SMILES string of the molecule is CCSc1cc(-c2csc(-c3cc(C(F)(F)F)c(C#N)c(=O)n3Cc3ccc(F)cc3F)c2)cc(C(C)C)c1. The zero-order valence-electron chi connectivity index (χ0n) is 21.2. The molecule has 0 saturated heterocycles. The van der Waals surface area contributed by atoms with Crippen LogP contribution in [0.5, 0.6) is 0 Å². The van der Waals surface area contributed by atoms with Crippen molar-refractivity contribution in [2.24, 2.45) is 0 Å². The van der Waals surface area contributed by atoms with Crippen molar-refractivity contribution < 1.29 is 22.0 Å². The van der Waals surface area contributed by atoms with E-state index in [1.165, 1.54) is 6.07 Å². The minimum Gasteiger partial charge on any atom is -0.302 e. The van der Waals surface area contributed by atoms with Crippen LogP contribution in [0.4, 0.5) is 22.0 Å². The largest absolute Gasteiger partial charge is 0.417 e. The summed E-state index contributed by atoms with van der Waals surface area (Å²) in [6.07, 6.45) is -4.96. The van der Waals surface area contributed by atoms with Gasteiger partial charge in [-0.15, -0.1) is 23.1 Å². The predicted octanol–water partition coefficient (Wildman–Crippen LogP) is 8.70. The molecular weight excluding hydrogens is 551 g/mol. The molecule has 0 aliphatic heterocycles. The smallest absolute Gasteiger partial charge is 0.302 e. The molecule has 4 rings (SSSR count). The van der Waals surface area contributed by atoms with Gasteiger partial charge in [-0.05, 0) is 64.1 Å². The first-order valence-corrected chi connectivity index (χ1v) is 13.9. The molecule has 0 aliphatic rings. The van der Waals surface area contributed by atoms with E-state index in [4.69, 9.17) is 0 Å². The highest BCUT2D eigenvalue weighted by atomic mass is 32.2. The quantitative estimate of drug-likeness (QED) is 0.164. The molecule has 39 heavy (non-hydrogen) atoms. The molecule has 10 heteroatoms. The third-order valence-corrected chi connectivity index (χ3v) is 7.96. The van der Waals surface area contributed by atoms with Crippen LogP contribution in [0, 0.1) is 23.0 Å². The van der Waals surface area contributed by atoms with Gasteiger partial charge < -0.3 is 4.57 Å². The molecule has 0 bridgehead atoms. The minimum absolute atomic E-state index is 0.106. The fourth-order valence-corrected chi connectivity index (χ4v) is 5.86. The molecule has 4 aromatic rings. The lowest BCUT2D eigenvalue weighted by atomic mass is 9.98.